The zero-order chi connectivity index (χ0) is 15.9. The maximum atomic E-state index is 12.4. The second-order valence-corrected chi connectivity index (χ2v) is 6.25. The Kier molecular flexibility index (Phi) is 5.95. The summed E-state index contributed by atoms with van der Waals surface area (Å²) in [6.45, 7) is 5.83. The molecule has 0 bridgehead atoms. The van der Waals surface area contributed by atoms with Crippen molar-refractivity contribution in [1.82, 2.24) is 9.88 Å². The Morgan fingerprint density at radius 1 is 1.27 bits per heavy atom. The number of thiazole rings is 1. The van der Waals surface area contributed by atoms with Crippen molar-refractivity contribution in [3.8, 4) is 11.3 Å². The normalized spacial score (nSPS) is 10.6. The van der Waals surface area contributed by atoms with Crippen LogP contribution in [-0.2, 0) is 11.2 Å². The maximum Gasteiger partial charge on any atom is 0.229 e. The van der Waals surface area contributed by atoms with Crippen molar-refractivity contribution in [3.05, 3.63) is 34.7 Å². The number of anilines is 1. The van der Waals surface area contributed by atoms with Crippen LogP contribution in [0.2, 0.25) is 0 Å². The SMILES string of the molecule is CCCN(CCC)C(=O)Cc1nc(-c2cccc(N)c2)cs1. The van der Waals surface area contributed by atoms with E-state index in [4.69, 9.17) is 5.73 Å². The van der Waals surface area contributed by atoms with Crippen molar-refractivity contribution >= 4 is 22.9 Å². The summed E-state index contributed by atoms with van der Waals surface area (Å²) in [7, 11) is 0. The number of nitrogen functional groups attached to an aromatic ring is 1. The van der Waals surface area contributed by atoms with Gasteiger partial charge in [0, 0.05) is 29.7 Å². The van der Waals surface area contributed by atoms with Crippen molar-refractivity contribution in [2.24, 2.45) is 0 Å². The van der Waals surface area contributed by atoms with E-state index in [1.165, 1.54) is 11.3 Å². The molecule has 2 N–H and O–H groups in total. The van der Waals surface area contributed by atoms with E-state index in [2.05, 4.69) is 18.8 Å². The van der Waals surface area contributed by atoms with Gasteiger partial charge in [-0.15, -0.1) is 11.3 Å². The molecule has 0 radical (unpaired) electrons. The number of hydrogen-bond donors (Lipinski definition) is 1. The summed E-state index contributed by atoms with van der Waals surface area (Å²) < 4.78 is 0. The topological polar surface area (TPSA) is 59.2 Å². The first kappa shape index (κ1) is 16.5. The first-order valence-electron chi connectivity index (χ1n) is 7.72. The van der Waals surface area contributed by atoms with Crippen LogP contribution in [0.25, 0.3) is 11.3 Å². The molecule has 1 heterocycles. The smallest absolute Gasteiger partial charge is 0.229 e. The van der Waals surface area contributed by atoms with Gasteiger partial charge in [0.25, 0.3) is 0 Å². The van der Waals surface area contributed by atoms with E-state index < -0.39 is 0 Å². The largest absolute Gasteiger partial charge is 0.399 e. The van der Waals surface area contributed by atoms with E-state index in [1.54, 1.807) is 0 Å². The lowest BCUT2D eigenvalue weighted by Crippen LogP contribution is -2.33. The summed E-state index contributed by atoms with van der Waals surface area (Å²) in [6.07, 6.45) is 2.35. The molecule has 0 spiro atoms. The monoisotopic (exact) mass is 317 g/mol. The first-order valence-corrected chi connectivity index (χ1v) is 8.60. The Bertz CT molecular complexity index is 618. The zero-order valence-corrected chi connectivity index (χ0v) is 14.0. The van der Waals surface area contributed by atoms with Crippen molar-refractivity contribution in [3.63, 3.8) is 0 Å². The van der Waals surface area contributed by atoms with Crippen LogP contribution < -0.4 is 5.73 Å². The Balaban J connectivity index is 2.06. The molecule has 0 saturated carbocycles. The number of aromatic nitrogens is 1. The molecule has 0 saturated heterocycles. The van der Waals surface area contributed by atoms with Crippen LogP contribution in [0.4, 0.5) is 5.69 Å². The van der Waals surface area contributed by atoms with Gasteiger partial charge >= 0.3 is 0 Å². The standard InChI is InChI=1S/C17H23N3OS/c1-3-8-20(9-4-2)17(21)11-16-19-15(12-22-16)13-6-5-7-14(18)10-13/h5-7,10,12H,3-4,8-9,11,18H2,1-2H3. The number of nitrogens with two attached hydrogens (primary N) is 1. The van der Waals surface area contributed by atoms with E-state index in [-0.39, 0.29) is 5.91 Å². The predicted octanol–water partition coefficient (Wildman–Crippen LogP) is 3.58. The van der Waals surface area contributed by atoms with Crippen LogP contribution in [-0.4, -0.2) is 28.9 Å². The summed E-state index contributed by atoms with van der Waals surface area (Å²) in [5.41, 5.74) is 8.41. The van der Waals surface area contributed by atoms with Gasteiger partial charge in [0.1, 0.15) is 5.01 Å². The second kappa shape index (κ2) is 7.94. The molecule has 0 aliphatic carbocycles. The lowest BCUT2D eigenvalue weighted by molar-refractivity contribution is -0.130. The van der Waals surface area contributed by atoms with Crippen LogP contribution in [0.3, 0.4) is 0 Å². The highest BCUT2D eigenvalue weighted by atomic mass is 32.1. The van der Waals surface area contributed by atoms with E-state index in [0.717, 1.165) is 47.9 Å². The molecule has 5 heteroatoms. The number of carbonyl (C=O) groups excluding carboxylic acids is 1. The minimum Gasteiger partial charge on any atom is -0.399 e. The molecule has 2 rings (SSSR count). The molecule has 2 aromatic rings. The second-order valence-electron chi connectivity index (χ2n) is 5.31. The van der Waals surface area contributed by atoms with E-state index in [9.17, 15) is 4.79 Å². The van der Waals surface area contributed by atoms with Gasteiger partial charge in [-0.3, -0.25) is 4.79 Å². The average molecular weight is 317 g/mol. The Labute approximate surface area is 136 Å². The summed E-state index contributed by atoms with van der Waals surface area (Å²) in [6, 6.07) is 7.66. The number of nitrogens with zero attached hydrogens (tertiary/aromatic N) is 2. The Morgan fingerprint density at radius 3 is 2.64 bits per heavy atom. The number of hydrogen-bond acceptors (Lipinski definition) is 4. The van der Waals surface area contributed by atoms with Gasteiger partial charge in [-0.2, -0.15) is 0 Å². The van der Waals surface area contributed by atoms with Gasteiger partial charge in [-0.1, -0.05) is 26.0 Å². The minimum absolute atomic E-state index is 0.164. The minimum atomic E-state index is 0.164. The van der Waals surface area contributed by atoms with Gasteiger partial charge in [0.15, 0.2) is 0 Å². The fourth-order valence-corrected chi connectivity index (χ4v) is 3.16. The molecule has 0 unspecified atom stereocenters. The molecule has 0 atom stereocenters. The summed E-state index contributed by atoms with van der Waals surface area (Å²) >= 11 is 1.53. The number of amides is 1. The van der Waals surface area contributed by atoms with Crippen molar-refractivity contribution in [1.29, 1.82) is 0 Å². The predicted molar refractivity (Wildman–Crippen MR) is 92.8 cm³/mol. The third-order valence-electron chi connectivity index (χ3n) is 3.38. The third-order valence-corrected chi connectivity index (χ3v) is 4.23. The van der Waals surface area contributed by atoms with Gasteiger partial charge in [-0.05, 0) is 25.0 Å². The third kappa shape index (κ3) is 4.31. The summed E-state index contributed by atoms with van der Waals surface area (Å²) in [5.74, 6) is 0.164. The molecule has 0 fully saturated rings. The molecule has 0 aliphatic heterocycles. The lowest BCUT2D eigenvalue weighted by atomic mass is 10.1. The van der Waals surface area contributed by atoms with Crippen LogP contribution in [0, 0.1) is 0 Å². The van der Waals surface area contributed by atoms with Crippen LogP contribution in [0.5, 0.6) is 0 Å². The van der Waals surface area contributed by atoms with Gasteiger partial charge < -0.3 is 10.6 Å². The van der Waals surface area contributed by atoms with Crippen LogP contribution in [0.15, 0.2) is 29.6 Å². The molecule has 1 aromatic carbocycles. The van der Waals surface area contributed by atoms with Crippen molar-refractivity contribution < 1.29 is 4.79 Å². The lowest BCUT2D eigenvalue weighted by Gasteiger charge is -2.20. The highest BCUT2D eigenvalue weighted by Gasteiger charge is 2.15. The fraction of sp³-hybridized carbons (Fsp3) is 0.412. The summed E-state index contributed by atoms with van der Waals surface area (Å²) in [5, 5.41) is 2.85. The first-order chi connectivity index (χ1) is 10.6. The molecule has 118 valence electrons. The number of benzene rings is 1. The van der Waals surface area contributed by atoms with E-state index in [1.807, 2.05) is 34.5 Å². The molecule has 0 aliphatic rings. The Hall–Kier alpha value is -1.88. The molecular weight excluding hydrogens is 294 g/mol. The quantitative estimate of drug-likeness (QED) is 0.794. The molecule has 22 heavy (non-hydrogen) atoms. The molecule has 4 nitrogen and oxygen atoms in total. The van der Waals surface area contributed by atoms with Crippen molar-refractivity contribution in [2.75, 3.05) is 18.8 Å². The highest BCUT2D eigenvalue weighted by molar-refractivity contribution is 7.10. The van der Waals surface area contributed by atoms with E-state index in [0.29, 0.717) is 6.42 Å². The van der Waals surface area contributed by atoms with Crippen LogP contribution >= 0.6 is 11.3 Å². The Morgan fingerprint density at radius 2 is 2.00 bits per heavy atom. The maximum absolute atomic E-state index is 12.4. The zero-order valence-electron chi connectivity index (χ0n) is 13.2. The fourth-order valence-electron chi connectivity index (χ4n) is 2.36. The summed E-state index contributed by atoms with van der Waals surface area (Å²) in [4.78, 5) is 18.9. The average Bonchev–Trinajstić information content (AvgIpc) is 2.95. The van der Waals surface area contributed by atoms with E-state index >= 15 is 0 Å². The van der Waals surface area contributed by atoms with Gasteiger partial charge in [-0.25, -0.2) is 4.98 Å². The molecule has 1 amide bonds. The van der Waals surface area contributed by atoms with Crippen LogP contribution in [0.1, 0.15) is 31.7 Å². The number of rotatable bonds is 7. The highest BCUT2D eigenvalue weighted by Crippen LogP contribution is 2.24. The van der Waals surface area contributed by atoms with Gasteiger partial charge in [0.05, 0.1) is 12.1 Å². The molecular formula is C17H23N3OS. The van der Waals surface area contributed by atoms with Gasteiger partial charge in [0.2, 0.25) is 5.91 Å². The van der Waals surface area contributed by atoms with Crippen molar-refractivity contribution in [2.45, 2.75) is 33.1 Å². The molecule has 1 aromatic heterocycles. The number of carbonyl (C=O) groups is 1.